The predicted octanol–water partition coefficient (Wildman–Crippen LogP) is 4.10. The monoisotopic (exact) mass is 379 g/mol. The van der Waals surface area contributed by atoms with E-state index in [0.29, 0.717) is 36.3 Å². The highest BCUT2D eigenvalue weighted by atomic mass is 19.1. The van der Waals surface area contributed by atoms with E-state index in [1.54, 1.807) is 24.1 Å². The summed E-state index contributed by atoms with van der Waals surface area (Å²) in [4.78, 5) is 14.0. The summed E-state index contributed by atoms with van der Waals surface area (Å²) in [5.74, 6) is 0.196. The van der Waals surface area contributed by atoms with Crippen molar-refractivity contribution in [3.8, 4) is 11.8 Å². The molecule has 0 unspecified atom stereocenters. The van der Waals surface area contributed by atoms with Crippen molar-refractivity contribution in [3.63, 3.8) is 0 Å². The van der Waals surface area contributed by atoms with Crippen LogP contribution in [0.1, 0.15) is 24.0 Å². The van der Waals surface area contributed by atoms with Crippen molar-refractivity contribution in [3.05, 3.63) is 65.6 Å². The highest BCUT2D eigenvalue weighted by Gasteiger charge is 2.13. The number of nitriles is 1. The molecule has 0 saturated heterocycles. The molecule has 0 bridgehead atoms. The average Bonchev–Trinajstić information content (AvgIpc) is 3.11. The van der Waals surface area contributed by atoms with Crippen LogP contribution in [0.3, 0.4) is 0 Å². The van der Waals surface area contributed by atoms with Crippen molar-refractivity contribution < 1.29 is 13.9 Å². The number of hydrogen-bond acceptors (Lipinski definition) is 3. The molecule has 0 aliphatic rings. The maximum Gasteiger partial charge on any atom is 0.222 e. The van der Waals surface area contributed by atoms with E-state index in [9.17, 15) is 14.4 Å². The van der Waals surface area contributed by atoms with Crippen LogP contribution in [0.25, 0.3) is 10.9 Å². The Kier molecular flexibility index (Phi) is 5.95. The molecule has 0 aliphatic heterocycles. The number of aromatic nitrogens is 1. The lowest BCUT2D eigenvalue weighted by atomic mass is 10.1. The lowest BCUT2D eigenvalue weighted by Gasteiger charge is -2.19. The Hall–Kier alpha value is -3.33. The molecule has 3 aromatic rings. The van der Waals surface area contributed by atoms with Crippen LogP contribution < -0.4 is 4.74 Å². The zero-order valence-electron chi connectivity index (χ0n) is 16.0. The smallest absolute Gasteiger partial charge is 0.222 e. The molecule has 28 heavy (non-hydrogen) atoms. The van der Waals surface area contributed by atoms with Gasteiger partial charge in [-0.1, -0.05) is 6.07 Å². The molecule has 1 aromatic heterocycles. The highest BCUT2D eigenvalue weighted by molar-refractivity contribution is 5.86. The molecule has 0 N–H and O–H groups in total. The third kappa shape index (κ3) is 4.15. The Morgan fingerprint density at radius 3 is 2.86 bits per heavy atom. The van der Waals surface area contributed by atoms with Gasteiger partial charge in [-0.25, -0.2) is 4.39 Å². The summed E-state index contributed by atoms with van der Waals surface area (Å²) in [5.41, 5.74) is 2.28. The first kappa shape index (κ1) is 19.4. The molecule has 0 radical (unpaired) electrons. The normalized spacial score (nSPS) is 10.6. The van der Waals surface area contributed by atoms with Crippen LogP contribution in [0.4, 0.5) is 4.39 Å². The molecule has 3 rings (SSSR count). The minimum absolute atomic E-state index is 0.0134. The van der Waals surface area contributed by atoms with E-state index in [4.69, 9.17) is 4.74 Å². The van der Waals surface area contributed by atoms with Crippen LogP contribution in [-0.2, 0) is 17.9 Å². The van der Waals surface area contributed by atoms with Gasteiger partial charge < -0.3 is 14.2 Å². The number of fused-ring (bicyclic) bond motifs is 1. The van der Waals surface area contributed by atoms with Crippen LogP contribution in [0.15, 0.2) is 48.7 Å². The van der Waals surface area contributed by atoms with Crippen LogP contribution >= 0.6 is 0 Å². The van der Waals surface area contributed by atoms with Gasteiger partial charge in [0.25, 0.3) is 0 Å². The fourth-order valence-corrected chi connectivity index (χ4v) is 3.32. The number of ether oxygens (including phenoxy) is 1. The minimum atomic E-state index is -0.354. The van der Waals surface area contributed by atoms with E-state index < -0.39 is 0 Å². The molecule has 0 atom stereocenters. The minimum Gasteiger partial charge on any atom is -0.496 e. The number of nitrogens with zero attached hydrogens (tertiary/aromatic N) is 3. The zero-order chi connectivity index (χ0) is 20.1. The fourth-order valence-electron chi connectivity index (χ4n) is 3.32. The number of aryl methyl sites for hydroxylation is 1. The van der Waals surface area contributed by atoms with E-state index in [2.05, 4.69) is 10.6 Å². The van der Waals surface area contributed by atoms with Crippen LogP contribution in [0.5, 0.6) is 5.75 Å². The first-order valence-electron chi connectivity index (χ1n) is 9.08. The average molecular weight is 379 g/mol. The Bertz CT molecular complexity index is 1040. The van der Waals surface area contributed by atoms with Crippen molar-refractivity contribution in [1.82, 2.24) is 9.47 Å². The SMILES string of the molecule is COc1ccc(F)cc1CN(C)C(=O)CCCn1ccc2c(C#N)cccc21. The number of carbonyl (C=O) groups is 1. The molecule has 0 fully saturated rings. The number of methoxy groups -OCH3 is 1. The van der Waals surface area contributed by atoms with E-state index in [-0.39, 0.29) is 18.3 Å². The summed E-state index contributed by atoms with van der Waals surface area (Å²) in [5, 5.41) is 10.1. The summed E-state index contributed by atoms with van der Waals surface area (Å²) in [7, 11) is 3.23. The number of benzene rings is 2. The second-order valence-electron chi connectivity index (χ2n) is 6.67. The number of halogens is 1. The number of rotatable bonds is 7. The van der Waals surface area contributed by atoms with Gasteiger partial charge in [-0.3, -0.25) is 4.79 Å². The maximum absolute atomic E-state index is 13.5. The first-order chi connectivity index (χ1) is 13.5. The van der Waals surface area contributed by atoms with Crippen molar-refractivity contribution >= 4 is 16.8 Å². The van der Waals surface area contributed by atoms with Gasteiger partial charge in [-0.05, 0) is 42.8 Å². The maximum atomic E-state index is 13.5. The molecule has 2 aromatic carbocycles. The topological polar surface area (TPSA) is 58.3 Å². The molecule has 0 aliphatic carbocycles. The molecule has 144 valence electrons. The van der Waals surface area contributed by atoms with Crippen LogP contribution in [0.2, 0.25) is 0 Å². The third-order valence-corrected chi connectivity index (χ3v) is 4.80. The second-order valence-corrected chi connectivity index (χ2v) is 6.67. The van der Waals surface area contributed by atoms with E-state index >= 15 is 0 Å². The quantitative estimate of drug-likeness (QED) is 0.621. The van der Waals surface area contributed by atoms with Gasteiger partial charge in [0, 0.05) is 49.2 Å². The van der Waals surface area contributed by atoms with Crippen LogP contribution in [-0.4, -0.2) is 29.5 Å². The Labute approximate surface area is 163 Å². The molecule has 6 heteroatoms. The Morgan fingerprint density at radius 1 is 1.29 bits per heavy atom. The summed E-state index contributed by atoms with van der Waals surface area (Å²) < 4.78 is 20.8. The summed E-state index contributed by atoms with van der Waals surface area (Å²) in [6, 6.07) is 14.1. The van der Waals surface area contributed by atoms with Gasteiger partial charge in [-0.2, -0.15) is 5.26 Å². The Morgan fingerprint density at radius 2 is 2.11 bits per heavy atom. The molecule has 0 spiro atoms. The fraction of sp³-hybridized carbons (Fsp3) is 0.273. The van der Waals surface area contributed by atoms with E-state index in [1.807, 2.05) is 24.4 Å². The van der Waals surface area contributed by atoms with Gasteiger partial charge in [0.1, 0.15) is 11.6 Å². The summed E-state index contributed by atoms with van der Waals surface area (Å²) in [6.07, 6.45) is 2.99. The van der Waals surface area contributed by atoms with Crippen molar-refractivity contribution in [1.29, 1.82) is 5.26 Å². The number of carbonyl (C=O) groups excluding carboxylic acids is 1. The van der Waals surface area contributed by atoms with Crippen molar-refractivity contribution in [2.45, 2.75) is 25.9 Å². The lowest BCUT2D eigenvalue weighted by molar-refractivity contribution is -0.130. The number of hydrogen-bond donors (Lipinski definition) is 0. The van der Waals surface area contributed by atoms with Crippen molar-refractivity contribution in [2.75, 3.05) is 14.2 Å². The standard InChI is InChI=1S/C22H22FN3O2/c1-25(15-17-13-18(23)8-9-21(17)28-2)22(27)7-4-11-26-12-10-19-16(14-24)5-3-6-20(19)26/h3,5-6,8-10,12-13H,4,7,11,15H2,1-2H3. The molecular weight excluding hydrogens is 357 g/mol. The van der Waals surface area contributed by atoms with E-state index in [0.717, 1.165) is 10.9 Å². The second kappa shape index (κ2) is 8.57. The zero-order valence-corrected chi connectivity index (χ0v) is 16.0. The summed E-state index contributed by atoms with van der Waals surface area (Å²) in [6.45, 7) is 0.971. The molecule has 1 amide bonds. The van der Waals surface area contributed by atoms with Gasteiger partial charge in [0.15, 0.2) is 0 Å². The largest absolute Gasteiger partial charge is 0.496 e. The van der Waals surface area contributed by atoms with Gasteiger partial charge in [0.05, 0.1) is 18.7 Å². The molecule has 1 heterocycles. The van der Waals surface area contributed by atoms with Crippen molar-refractivity contribution in [2.24, 2.45) is 0 Å². The molecule has 0 saturated carbocycles. The Balaban J connectivity index is 1.59. The first-order valence-corrected chi connectivity index (χ1v) is 9.08. The predicted molar refractivity (Wildman–Crippen MR) is 105 cm³/mol. The van der Waals surface area contributed by atoms with Crippen LogP contribution in [0, 0.1) is 17.1 Å². The van der Waals surface area contributed by atoms with Gasteiger partial charge in [-0.15, -0.1) is 0 Å². The number of amides is 1. The lowest BCUT2D eigenvalue weighted by Crippen LogP contribution is -2.26. The molecular formula is C22H22FN3O2. The van der Waals surface area contributed by atoms with Gasteiger partial charge in [0.2, 0.25) is 5.91 Å². The van der Waals surface area contributed by atoms with E-state index in [1.165, 1.54) is 19.2 Å². The third-order valence-electron chi connectivity index (χ3n) is 4.80. The summed E-state index contributed by atoms with van der Waals surface area (Å²) >= 11 is 0. The highest BCUT2D eigenvalue weighted by Crippen LogP contribution is 2.22. The van der Waals surface area contributed by atoms with Gasteiger partial charge >= 0.3 is 0 Å². The molecule has 5 nitrogen and oxygen atoms in total.